The van der Waals surface area contributed by atoms with E-state index < -0.39 is 0 Å². The maximum absolute atomic E-state index is 5.89. The van der Waals surface area contributed by atoms with Crippen LogP contribution in [0.5, 0.6) is 0 Å². The molecule has 0 fully saturated rings. The highest BCUT2D eigenvalue weighted by molar-refractivity contribution is 5.63. The third-order valence-electron chi connectivity index (χ3n) is 3.16. The van der Waals surface area contributed by atoms with E-state index in [0.717, 1.165) is 12.2 Å². The summed E-state index contributed by atoms with van der Waals surface area (Å²) in [5.74, 6) is 2.24. The Morgan fingerprint density at radius 3 is 2.80 bits per heavy atom. The van der Waals surface area contributed by atoms with E-state index in [1.807, 2.05) is 0 Å². The molecule has 0 saturated carbocycles. The molecule has 0 unspecified atom stereocenters. The van der Waals surface area contributed by atoms with Gasteiger partial charge in [0.25, 0.3) is 0 Å². The zero-order valence-corrected chi connectivity index (χ0v) is 8.92. The largest absolute Gasteiger partial charge is 0.461 e. The van der Waals surface area contributed by atoms with E-state index in [-0.39, 0.29) is 0 Å². The van der Waals surface area contributed by atoms with Gasteiger partial charge in [-0.15, -0.1) is 0 Å². The van der Waals surface area contributed by atoms with E-state index in [2.05, 4.69) is 37.3 Å². The molecule has 1 aliphatic rings. The predicted molar refractivity (Wildman–Crippen MR) is 60.9 cm³/mol. The Labute approximate surface area is 89.7 Å². The van der Waals surface area contributed by atoms with Crippen LogP contribution in [0, 0.1) is 6.92 Å². The highest BCUT2D eigenvalue weighted by atomic mass is 16.3. The van der Waals surface area contributed by atoms with Gasteiger partial charge in [-0.1, -0.05) is 24.3 Å². The molecule has 1 aromatic carbocycles. The van der Waals surface area contributed by atoms with Gasteiger partial charge >= 0.3 is 0 Å². The Kier molecular flexibility index (Phi) is 1.91. The minimum Gasteiger partial charge on any atom is -0.461 e. The van der Waals surface area contributed by atoms with Crippen molar-refractivity contribution < 1.29 is 4.42 Å². The lowest BCUT2D eigenvalue weighted by atomic mass is 10.1. The summed E-state index contributed by atoms with van der Waals surface area (Å²) in [7, 11) is 0. The maximum Gasteiger partial charge on any atom is 0.134 e. The van der Waals surface area contributed by atoms with Gasteiger partial charge in [0.05, 0.1) is 0 Å². The second-order valence-corrected chi connectivity index (χ2v) is 4.23. The van der Waals surface area contributed by atoms with Gasteiger partial charge in [-0.25, -0.2) is 0 Å². The summed E-state index contributed by atoms with van der Waals surface area (Å²) in [6.45, 7) is 2.13. The fraction of sp³-hybridized carbons (Fsp3) is 0.286. The minimum absolute atomic E-state index is 1.04. The van der Waals surface area contributed by atoms with Crippen LogP contribution in [0.15, 0.2) is 34.7 Å². The average molecular weight is 198 g/mol. The fourth-order valence-corrected chi connectivity index (χ4v) is 2.31. The standard InChI is InChI=1S/C14H14O/c1-10-5-2-3-7-12(10)14-9-11-6-4-8-13(11)15-14/h2-3,5,7,9H,4,6,8H2,1H3. The molecule has 0 radical (unpaired) electrons. The molecule has 1 aliphatic carbocycles. The monoisotopic (exact) mass is 198 g/mol. The molecule has 0 spiro atoms. The van der Waals surface area contributed by atoms with Crippen LogP contribution in [0.4, 0.5) is 0 Å². The van der Waals surface area contributed by atoms with Gasteiger partial charge < -0.3 is 4.42 Å². The van der Waals surface area contributed by atoms with Gasteiger partial charge in [0.1, 0.15) is 11.5 Å². The first kappa shape index (κ1) is 8.78. The Balaban J connectivity index is 2.10. The van der Waals surface area contributed by atoms with E-state index in [0.29, 0.717) is 0 Å². The highest BCUT2D eigenvalue weighted by Gasteiger charge is 2.17. The topological polar surface area (TPSA) is 13.1 Å². The molecular weight excluding hydrogens is 184 g/mol. The average Bonchev–Trinajstić information content (AvgIpc) is 2.77. The summed E-state index contributed by atoms with van der Waals surface area (Å²) in [5.41, 5.74) is 3.92. The van der Waals surface area contributed by atoms with Crippen LogP contribution in [-0.2, 0) is 12.8 Å². The number of rotatable bonds is 1. The third kappa shape index (κ3) is 1.39. The van der Waals surface area contributed by atoms with Gasteiger partial charge in [0.15, 0.2) is 0 Å². The normalized spacial score (nSPS) is 14.2. The van der Waals surface area contributed by atoms with Crippen LogP contribution in [0.3, 0.4) is 0 Å². The number of fused-ring (bicyclic) bond motifs is 1. The van der Waals surface area contributed by atoms with Crippen molar-refractivity contribution in [3.05, 3.63) is 47.2 Å². The number of furan rings is 1. The Morgan fingerprint density at radius 2 is 2.00 bits per heavy atom. The quantitative estimate of drug-likeness (QED) is 0.680. The molecule has 0 aliphatic heterocycles. The van der Waals surface area contributed by atoms with Crippen LogP contribution in [0.2, 0.25) is 0 Å². The first-order valence-electron chi connectivity index (χ1n) is 5.52. The number of benzene rings is 1. The lowest BCUT2D eigenvalue weighted by molar-refractivity contribution is 0.528. The first-order chi connectivity index (χ1) is 7.34. The van der Waals surface area contributed by atoms with Crippen LogP contribution < -0.4 is 0 Å². The van der Waals surface area contributed by atoms with Crippen molar-refractivity contribution >= 4 is 0 Å². The van der Waals surface area contributed by atoms with Gasteiger partial charge in [0, 0.05) is 12.0 Å². The van der Waals surface area contributed by atoms with E-state index in [9.17, 15) is 0 Å². The Hall–Kier alpha value is -1.50. The molecule has 0 bridgehead atoms. The smallest absolute Gasteiger partial charge is 0.134 e. The molecular formula is C14H14O. The Morgan fingerprint density at radius 1 is 1.13 bits per heavy atom. The maximum atomic E-state index is 5.89. The molecule has 0 saturated heterocycles. The zero-order valence-electron chi connectivity index (χ0n) is 8.92. The number of hydrogen-bond donors (Lipinski definition) is 0. The van der Waals surface area contributed by atoms with Gasteiger partial charge in [-0.05, 0) is 37.0 Å². The molecule has 1 nitrogen and oxygen atoms in total. The Bertz CT molecular complexity index is 472. The zero-order chi connectivity index (χ0) is 10.3. The summed E-state index contributed by atoms with van der Waals surface area (Å²) in [6.07, 6.45) is 3.55. The van der Waals surface area contributed by atoms with Crippen LogP contribution >= 0.6 is 0 Å². The molecule has 2 aromatic rings. The predicted octanol–water partition coefficient (Wildman–Crippen LogP) is 3.74. The summed E-state index contributed by atoms with van der Waals surface area (Å²) in [4.78, 5) is 0. The van der Waals surface area contributed by atoms with Crippen molar-refractivity contribution in [3.8, 4) is 11.3 Å². The van der Waals surface area contributed by atoms with Gasteiger partial charge in [0.2, 0.25) is 0 Å². The fourth-order valence-electron chi connectivity index (χ4n) is 2.31. The van der Waals surface area contributed by atoms with E-state index in [1.54, 1.807) is 0 Å². The lowest BCUT2D eigenvalue weighted by Crippen LogP contribution is -1.80. The van der Waals surface area contributed by atoms with Gasteiger partial charge in [-0.2, -0.15) is 0 Å². The summed E-state index contributed by atoms with van der Waals surface area (Å²) >= 11 is 0. The molecule has 76 valence electrons. The summed E-state index contributed by atoms with van der Waals surface area (Å²) in [6, 6.07) is 10.6. The van der Waals surface area contributed by atoms with Crippen molar-refractivity contribution in [2.75, 3.05) is 0 Å². The molecule has 1 heteroatoms. The molecule has 1 aromatic heterocycles. The van der Waals surface area contributed by atoms with Crippen molar-refractivity contribution in [2.45, 2.75) is 26.2 Å². The molecule has 1 heterocycles. The third-order valence-corrected chi connectivity index (χ3v) is 3.16. The van der Waals surface area contributed by atoms with Crippen molar-refractivity contribution in [1.29, 1.82) is 0 Å². The lowest BCUT2D eigenvalue weighted by Gasteiger charge is -2.01. The second kappa shape index (κ2) is 3.27. The minimum atomic E-state index is 1.04. The van der Waals surface area contributed by atoms with E-state index in [4.69, 9.17) is 4.42 Å². The second-order valence-electron chi connectivity index (χ2n) is 4.23. The summed E-state index contributed by atoms with van der Waals surface area (Å²) < 4.78 is 5.89. The van der Waals surface area contributed by atoms with Gasteiger partial charge in [-0.3, -0.25) is 0 Å². The molecule has 0 N–H and O–H groups in total. The van der Waals surface area contributed by atoms with Crippen molar-refractivity contribution in [3.63, 3.8) is 0 Å². The van der Waals surface area contributed by atoms with Crippen molar-refractivity contribution in [1.82, 2.24) is 0 Å². The van der Waals surface area contributed by atoms with Crippen molar-refractivity contribution in [2.24, 2.45) is 0 Å². The highest BCUT2D eigenvalue weighted by Crippen LogP contribution is 2.32. The number of aryl methyl sites for hydroxylation is 3. The molecule has 15 heavy (non-hydrogen) atoms. The van der Waals surface area contributed by atoms with Crippen LogP contribution in [-0.4, -0.2) is 0 Å². The summed E-state index contributed by atoms with van der Waals surface area (Å²) in [5, 5.41) is 0. The number of hydrogen-bond acceptors (Lipinski definition) is 1. The molecule has 0 amide bonds. The van der Waals surface area contributed by atoms with Crippen LogP contribution in [0.1, 0.15) is 23.3 Å². The SMILES string of the molecule is Cc1ccccc1-c1cc2c(o1)CCC2. The first-order valence-corrected chi connectivity index (χ1v) is 5.52. The molecule has 3 rings (SSSR count). The van der Waals surface area contributed by atoms with E-state index in [1.165, 1.54) is 35.3 Å². The molecule has 0 atom stereocenters. The van der Waals surface area contributed by atoms with E-state index >= 15 is 0 Å². The van der Waals surface area contributed by atoms with Crippen LogP contribution in [0.25, 0.3) is 11.3 Å².